The molecule has 0 saturated carbocycles. The lowest BCUT2D eigenvalue weighted by Gasteiger charge is -2.04. The van der Waals surface area contributed by atoms with Gasteiger partial charge in [-0.2, -0.15) is 0 Å². The molecular formula is C10H20N4O. The molecule has 0 radical (unpaired) electrons. The number of aliphatic hydroxyl groups is 1. The summed E-state index contributed by atoms with van der Waals surface area (Å²) in [6, 6.07) is 0. The molecule has 1 aromatic rings. The van der Waals surface area contributed by atoms with Gasteiger partial charge in [0.2, 0.25) is 0 Å². The van der Waals surface area contributed by atoms with Crippen LogP contribution in [0.25, 0.3) is 0 Å². The highest BCUT2D eigenvalue weighted by atomic mass is 16.2. The maximum atomic E-state index is 8.58. The van der Waals surface area contributed by atoms with E-state index in [4.69, 9.17) is 5.11 Å². The lowest BCUT2D eigenvalue weighted by molar-refractivity contribution is 0.283. The lowest BCUT2D eigenvalue weighted by atomic mass is 10.2. The smallest absolute Gasteiger partial charge is 0.0692 e. The molecule has 1 rings (SSSR count). The standard InChI is InChI=1S/C10H20N4O/c15-10-3-1-2-5-11-6-4-8-14-9-7-12-13-14/h7,9,11,15H,1-6,8,10H2. The zero-order valence-corrected chi connectivity index (χ0v) is 9.10. The average Bonchev–Trinajstić information content (AvgIpc) is 2.75. The summed E-state index contributed by atoms with van der Waals surface area (Å²) in [5, 5.41) is 19.6. The molecule has 1 aromatic heterocycles. The van der Waals surface area contributed by atoms with Crippen LogP contribution in [-0.4, -0.2) is 39.8 Å². The Bertz CT molecular complexity index is 225. The van der Waals surface area contributed by atoms with Crippen molar-refractivity contribution in [2.24, 2.45) is 0 Å². The summed E-state index contributed by atoms with van der Waals surface area (Å²) in [6.45, 7) is 3.28. The molecule has 0 spiro atoms. The average molecular weight is 212 g/mol. The van der Waals surface area contributed by atoms with Crippen molar-refractivity contribution in [2.45, 2.75) is 32.2 Å². The Morgan fingerprint density at radius 1 is 1.13 bits per heavy atom. The summed E-state index contributed by atoms with van der Waals surface area (Å²) in [5.41, 5.74) is 0. The van der Waals surface area contributed by atoms with Crippen LogP contribution in [0.2, 0.25) is 0 Å². The van der Waals surface area contributed by atoms with E-state index in [-0.39, 0.29) is 0 Å². The largest absolute Gasteiger partial charge is 0.396 e. The van der Waals surface area contributed by atoms with E-state index in [0.717, 1.165) is 45.3 Å². The number of hydrogen-bond donors (Lipinski definition) is 2. The topological polar surface area (TPSA) is 63.0 Å². The van der Waals surface area contributed by atoms with E-state index < -0.39 is 0 Å². The number of aryl methyl sites for hydroxylation is 1. The minimum absolute atomic E-state index is 0.312. The van der Waals surface area contributed by atoms with Crippen LogP contribution in [0, 0.1) is 0 Å². The maximum absolute atomic E-state index is 8.58. The van der Waals surface area contributed by atoms with Gasteiger partial charge in [-0.25, -0.2) is 0 Å². The van der Waals surface area contributed by atoms with Crippen molar-refractivity contribution in [3.8, 4) is 0 Å². The van der Waals surface area contributed by atoms with Crippen molar-refractivity contribution in [3.05, 3.63) is 12.4 Å². The summed E-state index contributed by atoms with van der Waals surface area (Å²) in [5.74, 6) is 0. The predicted octanol–water partition coefficient (Wildman–Crippen LogP) is 0.420. The number of rotatable bonds is 9. The van der Waals surface area contributed by atoms with Crippen LogP contribution in [-0.2, 0) is 6.54 Å². The molecule has 86 valence electrons. The fourth-order valence-corrected chi connectivity index (χ4v) is 1.38. The Morgan fingerprint density at radius 3 is 2.73 bits per heavy atom. The van der Waals surface area contributed by atoms with Crippen molar-refractivity contribution in [1.82, 2.24) is 20.3 Å². The monoisotopic (exact) mass is 212 g/mol. The van der Waals surface area contributed by atoms with E-state index in [1.54, 1.807) is 6.20 Å². The van der Waals surface area contributed by atoms with Gasteiger partial charge in [0.1, 0.15) is 0 Å². The Kier molecular flexibility index (Phi) is 6.77. The fraction of sp³-hybridized carbons (Fsp3) is 0.800. The van der Waals surface area contributed by atoms with Crippen LogP contribution in [0.1, 0.15) is 25.7 Å². The van der Waals surface area contributed by atoms with Crippen LogP contribution in [0.5, 0.6) is 0 Å². The molecule has 0 atom stereocenters. The Morgan fingerprint density at radius 2 is 2.00 bits per heavy atom. The Balaban J connectivity index is 1.81. The first kappa shape index (κ1) is 12.1. The third kappa shape index (κ3) is 6.19. The Labute approximate surface area is 90.5 Å². The van der Waals surface area contributed by atoms with Crippen molar-refractivity contribution >= 4 is 0 Å². The second-order valence-electron chi connectivity index (χ2n) is 3.55. The molecular weight excluding hydrogens is 192 g/mol. The summed E-state index contributed by atoms with van der Waals surface area (Å²) >= 11 is 0. The van der Waals surface area contributed by atoms with E-state index >= 15 is 0 Å². The van der Waals surface area contributed by atoms with Crippen LogP contribution in [0.4, 0.5) is 0 Å². The van der Waals surface area contributed by atoms with Crippen LogP contribution < -0.4 is 5.32 Å². The Hall–Kier alpha value is -0.940. The van der Waals surface area contributed by atoms with Gasteiger partial charge >= 0.3 is 0 Å². The van der Waals surface area contributed by atoms with Crippen molar-refractivity contribution in [2.75, 3.05) is 19.7 Å². The van der Waals surface area contributed by atoms with Crippen molar-refractivity contribution in [3.63, 3.8) is 0 Å². The molecule has 5 heteroatoms. The molecule has 15 heavy (non-hydrogen) atoms. The lowest BCUT2D eigenvalue weighted by Crippen LogP contribution is -2.18. The number of nitrogens with one attached hydrogen (secondary N) is 1. The molecule has 0 aromatic carbocycles. The van der Waals surface area contributed by atoms with Gasteiger partial charge in [0.05, 0.1) is 6.20 Å². The van der Waals surface area contributed by atoms with Gasteiger partial charge in [-0.15, -0.1) is 5.10 Å². The predicted molar refractivity (Wildman–Crippen MR) is 58.4 cm³/mol. The number of hydrogen-bond acceptors (Lipinski definition) is 4. The highest BCUT2D eigenvalue weighted by Gasteiger charge is 1.92. The highest BCUT2D eigenvalue weighted by molar-refractivity contribution is 4.63. The molecule has 1 heterocycles. The van der Waals surface area contributed by atoms with Crippen molar-refractivity contribution in [1.29, 1.82) is 0 Å². The van der Waals surface area contributed by atoms with Crippen LogP contribution in [0.3, 0.4) is 0 Å². The number of aliphatic hydroxyl groups excluding tert-OH is 1. The van der Waals surface area contributed by atoms with Gasteiger partial charge < -0.3 is 10.4 Å². The summed E-state index contributed by atoms with van der Waals surface area (Å²) < 4.78 is 1.84. The summed E-state index contributed by atoms with van der Waals surface area (Å²) in [4.78, 5) is 0. The van der Waals surface area contributed by atoms with Gasteiger partial charge in [0.15, 0.2) is 0 Å². The first-order valence-corrected chi connectivity index (χ1v) is 5.59. The molecule has 0 aliphatic heterocycles. The van der Waals surface area contributed by atoms with E-state index in [1.807, 2.05) is 10.9 Å². The first-order valence-electron chi connectivity index (χ1n) is 5.59. The second kappa shape index (κ2) is 8.38. The van der Waals surface area contributed by atoms with E-state index in [0.29, 0.717) is 6.61 Å². The molecule has 5 nitrogen and oxygen atoms in total. The van der Waals surface area contributed by atoms with Gasteiger partial charge in [-0.1, -0.05) is 5.21 Å². The first-order chi connectivity index (χ1) is 7.43. The van der Waals surface area contributed by atoms with E-state index in [1.165, 1.54) is 0 Å². The fourth-order valence-electron chi connectivity index (χ4n) is 1.38. The SMILES string of the molecule is OCCCCCNCCCn1ccnn1. The molecule has 0 amide bonds. The minimum atomic E-state index is 0.312. The van der Waals surface area contributed by atoms with Gasteiger partial charge in [-0.05, 0) is 38.8 Å². The third-order valence-electron chi connectivity index (χ3n) is 2.22. The zero-order valence-electron chi connectivity index (χ0n) is 9.10. The zero-order chi connectivity index (χ0) is 10.8. The number of aromatic nitrogens is 3. The summed E-state index contributed by atoms with van der Waals surface area (Å²) in [7, 11) is 0. The minimum Gasteiger partial charge on any atom is -0.396 e. The van der Waals surface area contributed by atoms with Crippen LogP contribution in [0.15, 0.2) is 12.4 Å². The molecule has 0 bridgehead atoms. The second-order valence-corrected chi connectivity index (χ2v) is 3.55. The maximum Gasteiger partial charge on any atom is 0.0692 e. The quantitative estimate of drug-likeness (QED) is 0.582. The third-order valence-corrected chi connectivity index (χ3v) is 2.22. The molecule has 2 N–H and O–H groups in total. The van der Waals surface area contributed by atoms with E-state index in [2.05, 4.69) is 15.6 Å². The molecule has 0 unspecified atom stereocenters. The van der Waals surface area contributed by atoms with E-state index in [9.17, 15) is 0 Å². The van der Waals surface area contributed by atoms with Gasteiger partial charge in [0, 0.05) is 19.3 Å². The molecule has 0 aliphatic carbocycles. The molecule has 0 aliphatic rings. The number of nitrogens with zero attached hydrogens (tertiary/aromatic N) is 3. The van der Waals surface area contributed by atoms with Gasteiger partial charge in [-0.3, -0.25) is 4.68 Å². The highest BCUT2D eigenvalue weighted by Crippen LogP contribution is 1.92. The van der Waals surface area contributed by atoms with Gasteiger partial charge in [0.25, 0.3) is 0 Å². The normalized spacial score (nSPS) is 10.7. The summed E-state index contributed by atoms with van der Waals surface area (Å²) in [6.07, 6.45) is 7.81. The van der Waals surface area contributed by atoms with Crippen molar-refractivity contribution < 1.29 is 5.11 Å². The molecule has 0 fully saturated rings. The molecule has 0 saturated heterocycles. The van der Waals surface area contributed by atoms with Crippen LogP contribution >= 0.6 is 0 Å². The number of unbranched alkanes of at least 4 members (excludes halogenated alkanes) is 2.